The van der Waals surface area contributed by atoms with Crippen molar-refractivity contribution in [1.29, 1.82) is 0 Å². The quantitative estimate of drug-likeness (QED) is 0.929. The van der Waals surface area contributed by atoms with Crippen LogP contribution in [0.5, 0.6) is 0 Å². The van der Waals surface area contributed by atoms with E-state index in [0.29, 0.717) is 12.1 Å². The van der Waals surface area contributed by atoms with Crippen LogP contribution in [0, 0.1) is 6.92 Å². The lowest BCUT2D eigenvalue weighted by Crippen LogP contribution is -2.56. The lowest BCUT2D eigenvalue weighted by molar-refractivity contribution is 0.0415. The Bertz CT molecular complexity index is 503. The van der Waals surface area contributed by atoms with Crippen LogP contribution in [-0.2, 0) is 0 Å². The lowest BCUT2D eigenvalue weighted by Gasteiger charge is -2.42. The Kier molecular flexibility index (Phi) is 4.88. The number of carbonyl (C=O) groups excluding carboxylic acids is 1. The minimum absolute atomic E-state index is 0.140. The summed E-state index contributed by atoms with van der Waals surface area (Å²) in [6, 6.07) is 6.84. The maximum atomic E-state index is 12.9. The molecule has 1 aliphatic heterocycles. The molecule has 0 bridgehead atoms. The molecule has 1 aliphatic rings. The molecule has 1 fully saturated rings. The number of carbonyl (C=O) groups is 1. The zero-order chi connectivity index (χ0) is 15.6. The van der Waals surface area contributed by atoms with Crippen LogP contribution in [0.2, 0.25) is 0 Å². The van der Waals surface area contributed by atoms with Gasteiger partial charge in [-0.3, -0.25) is 9.69 Å². The molecule has 1 amide bonds. The van der Waals surface area contributed by atoms with Gasteiger partial charge >= 0.3 is 0 Å². The Morgan fingerprint density at radius 2 is 1.90 bits per heavy atom. The van der Waals surface area contributed by atoms with E-state index in [1.165, 1.54) is 0 Å². The summed E-state index contributed by atoms with van der Waals surface area (Å²) < 4.78 is 0. The molecule has 0 saturated carbocycles. The normalized spacial score (nSPS) is 23.2. The monoisotopic (exact) mass is 289 g/mol. The summed E-state index contributed by atoms with van der Waals surface area (Å²) in [5, 5.41) is 3.30. The van der Waals surface area contributed by atoms with E-state index in [2.05, 4.69) is 31.1 Å². The predicted molar refractivity (Wildman–Crippen MR) is 87.9 cm³/mol. The number of aryl methyl sites for hydroxylation is 1. The zero-order valence-electron chi connectivity index (χ0n) is 13.8. The fourth-order valence-electron chi connectivity index (χ4n) is 2.92. The maximum Gasteiger partial charge on any atom is 0.256 e. The number of amides is 1. The predicted octanol–water partition coefficient (Wildman–Crippen LogP) is 2.59. The van der Waals surface area contributed by atoms with Crippen molar-refractivity contribution in [2.75, 3.05) is 32.0 Å². The molecule has 1 heterocycles. The van der Waals surface area contributed by atoms with Crippen LogP contribution in [-0.4, -0.2) is 54.5 Å². The average molecular weight is 289 g/mol. The van der Waals surface area contributed by atoms with E-state index in [0.717, 1.165) is 36.4 Å². The largest absolute Gasteiger partial charge is 0.385 e. The number of hydrogen-bond acceptors (Lipinski definition) is 3. The third kappa shape index (κ3) is 3.38. The average Bonchev–Trinajstić information content (AvgIpc) is 2.45. The van der Waals surface area contributed by atoms with Gasteiger partial charge in [-0.25, -0.2) is 0 Å². The fourth-order valence-corrected chi connectivity index (χ4v) is 2.92. The first kappa shape index (κ1) is 15.8. The molecule has 1 N–H and O–H groups in total. The van der Waals surface area contributed by atoms with E-state index in [1.54, 1.807) is 0 Å². The Morgan fingerprint density at radius 3 is 2.48 bits per heavy atom. The second-order valence-electron chi connectivity index (χ2n) is 6.15. The van der Waals surface area contributed by atoms with Gasteiger partial charge in [-0.05, 0) is 46.9 Å². The second kappa shape index (κ2) is 6.48. The minimum atomic E-state index is 0.140. The van der Waals surface area contributed by atoms with Crippen molar-refractivity contribution < 1.29 is 4.79 Å². The van der Waals surface area contributed by atoms with Gasteiger partial charge in [0.05, 0.1) is 5.56 Å². The highest BCUT2D eigenvalue weighted by Gasteiger charge is 2.30. The smallest absolute Gasteiger partial charge is 0.256 e. The number of likely N-dealkylation sites (N-methyl/N-ethyl adjacent to an activating group) is 1. The SMILES string of the molecule is CCNc1ccc(C)cc1C(=O)N1CC(C)N(C)C(C)C1. The van der Waals surface area contributed by atoms with Gasteiger partial charge in [0, 0.05) is 37.4 Å². The van der Waals surface area contributed by atoms with Gasteiger partial charge in [-0.15, -0.1) is 0 Å². The Labute approximate surface area is 128 Å². The molecule has 1 saturated heterocycles. The van der Waals surface area contributed by atoms with E-state index in [4.69, 9.17) is 0 Å². The molecule has 21 heavy (non-hydrogen) atoms. The molecule has 0 radical (unpaired) electrons. The molecule has 0 aliphatic carbocycles. The number of rotatable bonds is 3. The first-order chi connectivity index (χ1) is 9.93. The van der Waals surface area contributed by atoms with Crippen LogP contribution in [0.25, 0.3) is 0 Å². The Hall–Kier alpha value is -1.55. The van der Waals surface area contributed by atoms with E-state index in [1.807, 2.05) is 36.9 Å². The number of hydrogen-bond donors (Lipinski definition) is 1. The molecule has 4 heteroatoms. The van der Waals surface area contributed by atoms with Crippen molar-refractivity contribution in [2.24, 2.45) is 0 Å². The number of piperazine rings is 1. The van der Waals surface area contributed by atoms with Crippen LogP contribution < -0.4 is 5.32 Å². The minimum Gasteiger partial charge on any atom is -0.385 e. The first-order valence-corrected chi connectivity index (χ1v) is 7.79. The van der Waals surface area contributed by atoms with E-state index in [9.17, 15) is 4.79 Å². The molecule has 116 valence electrons. The second-order valence-corrected chi connectivity index (χ2v) is 6.15. The molecule has 2 atom stereocenters. The summed E-state index contributed by atoms with van der Waals surface area (Å²) in [6.07, 6.45) is 0. The molecular weight excluding hydrogens is 262 g/mol. The van der Waals surface area contributed by atoms with Crippen molar-refractivity contribution in [3.05, 3.63) is 29.3 Å². The Balaban J connectivity index is 2.25. The van der Waals surface area contributed by atoms with Gasteiger partial charge in [0.1, 0.15) is 0 Å². The highest BCUT2D eigenvalue weighted by molar-refractivity contribution is 6.00. The molecule has 4 nitrogen and oxygen atoms in total. The van der Waals surface area contributed by atoms with Crippen LogP contribution in [0.1, 0.15) is 36.7 Å². The highest BCUT2D eigenvalue weighted by Crippen LogP contribution is 2.22. The first-order valence-electron chi connectivity index (χ1n) is 7.79. The third-order valence-electron chi connectivity index (χ3n) is 4.42. The van der Waals surface area contributed by atoms with Gasteiger partial charge < -0.3 is 10.2 Å². The van der Waals surface area contributed by atoms with Crippen molar-refractivity contribution in [1.82, 2.24) is 9.80 Å². The van der Waals surface area contributed by atoms with E-state index in [-0.39, 0.29) is 5.91 Å². The van der Waals surface area contributed by atoms with Crippen LogP contribution >= 0.6 is 0 Å². The van der Waals surface area contributed by atoms with Gasteiger partial charge in [0.25, 0.3) is 5.91 Å². The molecule has 2 unspecified atom stereocenters. The number of nitrogens with zero attached hydrogens (tertiary/aromatic N) is 2. The fraction of sp³-hybridized carbons (Fsp3) is 0.588. The number of anilines is 1. The van der Waals surface area contributed by atoms with Gasteiger partial charge in [-0.1, -0.05) is 11.6 Å². The molecule has 0 spiro atoms. The van der Waals surface area contributed by atoms with Crippen molar-refractivity contribution in [3.63, 3.8) is 0 Å². The summed E-state index contributed by atoms with van der Waals surface area (Å²) in [6.45, 7) is 10.8. The van der Waals surface area contributed by atoms with Crippen molar-refractivity contribution in [3.8, 4) is 0 Å². The number of benzene rings is 1. The molecular formula is C17H27N3O. The van der Waals surface area contributed by atoms with Gasteiger partial charge in [-0.2, -0.15) is 0 Å². The molecule has 1 aromatic rings. The third-order valence-corrected chi connectivity index (χ3v) is 4.42. The van der Waals surface area contributed by atoms with Crippen molar-refractivity contribution >= 4 is 11.6 Å². The molecule has 0 aromatic heterocycles. The standard InChI is InChI=1S/C17H27N3O/c1-6-18-16-8-7-12(2)9-15(16)17(21)20-10-13(3)19(5)14(4)11-20/h7-9,13-14,18H,6,10-11H2,1-5H3. The summed E-state index contributed by atoms with van der Waals surface area (Å²) in [7, 11) is 2.13. The summed E-state index contributed by atoms with van der Waals surface area (Å²) >= 11 is 0. The highest BCUT2D eigenvalue weighted by atomic mass is 16.2. The topological polar surface area (TPSA) is 35.6 Å². The summed E-state index contributed by atoms with van der Waals surface area (Å²) in [5.41, 5.74) is 2.85. The van der Waals surface area contributed by atoms with Crippen molar-refractivity contribution in [2.45, 2.75) is 39.8 Å². The summed E-state index contributed by atoms with van der Waals surface area (Å²) in [5.74, 6) is 0.140. The lowest BCUT2D eigenvalue weighted by atomic mass is 10.0. The molecule has 2 rings (SSSR count). The van der Waals surface area contributed by atoms with Crippen LogP contribution in [0.15, 0.2) is 18.2 Å². The Morgan fingerprint density at radius 1 is 1.29 bits per heavy atom. The molecule has 1 aromatic carbocycles. The van der Waals surface area contributed by atoms with Crippen LogP contribution in [0.3, 0.4) is 0 Å². The van der Waals surface area contributed by atoms with E-state index >= 15 is 0 Å². The number of nitrogens with one attached hydrogen (secondary N) is 1. The zero-order valence-corrected chi connectivity index (χ0v) is 13.8. The van der Waals surface area contributed by atoms with Gasteiger partial charge in [0.15, 0.2) is 0 Å². The van der Waals surface area contributed by atoms with Crippen LogP contribution in [0.4, 0.5) is 5.69 Å². The maximum absolute atomic E-state index is 12.9. The summed E-state index contributed by atoms with van der Waals surface area (Å²) in [4.78, 5) is 17.2. The van der Waals surface area contributed by atoms with Gasteiger partial charge in [0.2, 0.25) is 0 Å². The van der Waals surface area contributed by atoms with E-state index < -0.39 is 0 Å².